The molecule has 0 saturated heterocycles. The average Bonchev–Trinajstić information content (AvgIpc) is 3.35. The van der Waals surface area contributed by atoms with Gasteiger partial charge in [-0.1, -0.05) is 61.0 Å². The van der Waals surface area contributed by atoms with Gasteiger partial charge in [-0.05, 0) is 42.8 Å². The van der Waals surface area contributed by atoms with Crippen LogP contribution in [-0.4, -0.2) is 33.0 Å². The fraction of sp³-hybridized carbons (Fsp3) is 0.231. The van der Waals surface area contributed by atoms with Crippen LogP contribution in [0, 0.1) is 0 Å². The third-order valence-electron chi connectivity index (χ3n) is 5.56. The number of hydrogen-bond donors (Lipinski definition) is 2. The Morgan fingerprint density at radius 3 is 2.65 bits per heavy atom. The van der Waals surface area contributed by atoms with Crippen molar-refractivity contribution in [3.63, 3.8) is 0 Å². The molecule has 0 spiro atoms. The van der Waals surface area contributed by atoms with E-state index in [-0.39, 0.29) is 38.9 Å². The van der Waals surface area contributed by atoms with Crippen molar-refractivity contribution in [2.45, 2.75) is 32.6 Å². The predicted molar refractivity (Wildman–Crippen MR) is 147 cm³/mol. The number of anilines is 2. The second-order valence-electron chi connectivity index (χ2n) is 8.19. The van der Waals surface area contributed by atoms with Gasteiger partial charge in [0, 0.05) is 23.0 Å². The second kappa shape index (κ2) is 12.3. The lowest BCUT2D eigenvalue weighted by molar-refractivity contribution is 0.102. The molecule has 0 unspecified atom stereocenters. The van der Waals surface area contributed by atoms with E-state index in [1.165, 1.54) is 12.1 Å². The zero-order valence-corrected chi connectivity index (χ0v) is 22.2. The van der Waals surface area contributed by atoms with Crippen molar-refractivity contribution in [1.82, 2.24) is 14.4 Å². The summed E-state index contributed by atoms with van der Waals surface area (Å²) in [6, 6.07) is 10.1. The average molecular weight is 561 g/mol. The first-order valence-corrected chi connectivity index (χ1v) is 12.8. The fourth-order valence-corrected chi connectivity index (χ4v) is 4.56. The van der Waals surface area contributed by atoms with Crippen molar-refractivity contribution < 1.29 is 14.3 Å². The Morgan fingerprint density at radius 1 is 1.03 bits per heavy atom. The molecular formula is C26H24Cl3N5O3. The van der Waals surface area contributed by atoms with Crippen molar-refractivity contribution >= 4 is 63.7 Å². The Bertz CT molecular complexity index is 1440. The molecule has 0 radical (unpaired) electrons. The molecule has 0 aliphatic heterocycles. The Balaban J connectivity index is 1.64. The van der Waals surface area contributed by atoms with Crippen LogP contribution in [0.3, 0.4) is 0 Å². The number of halogens is 3. The summed E-state index contributed by atoms with van der Waals surface area (Å²) in [6.45, 7) is 2.38. The highest BCUT2D eigenvalue weighted by Crippen LogP contribution is 2.36. The van der Waals surface area contributed by atoms with Crippen molar-refractivity contribution in [1.29, 1.82) is 0 Å². The van der Waals surface area contributed by atoms with Gasteiger partial charge in [0.1, 0.15) is 5.15 Å². The normalized spacial score (nSPS) is 10.9. The zero-order chi connectivity index (χ0) is 26.4. The minimum Gasteiger partial charge on any atom is -0.449 e. The largest absolute Gasteiger partial charge is 0.449 e. The molecule has 3 aromatic heterocycles. The maximum absolute atomic E-state index is 13.5. The highest BCUT2D eigenvalue weighted by atomic mass is 35.5. The Hall–Kier alpha value is -3.33. The maximum atomic E-state index is 13.5. The number of benzene rings is 1. The molecule has 4 aromatic rings. The van der Waals surface area contributed by atoms with E-state index in [0.717, 1.165) is 31.2 Å². The number of aromatic nitrogens is 3. The Morgan fingerprint density at radius 2 is 1.86 bits per heavy atom. The quantitative estimate of drug-likeness (QED) is 0.161. The van der Waals surface area contributed by atoms with E-state index in [0.29, 0.717) is 11.3 Å². The van der Waals surface area contributed by atoms with E-state index in [9.17, 15) is 9.59 Å². The molecule has 37 heavy (non-hydrogen) atoms. The number of amides is 2. The first kappa shape index (κ1) is 26.7. The van der Waals surface area contributed by atoms with Gasteiger partial charge in [-0.15, -0.1) is 0 Å². The van der Waals surface area contributed by atoms with Crippen LogP contribution in [0.2, 0.25) is 15.2 Å². The van der Waals surface area contributed by atoms with Crippen LogP contribution in [0.15, 0.2) is 55.0 Å². The Labute approximate surface area is 228 Å². The van der Waals surface area contributed by atoms with E-state index in [2.05, 4.69) is 27.5 Å². The highest BCUT2D eigenvalue weighted by Gasteiger charge is 2.23. The van der Waals surface area contributed by atoms with Crippen LogP contribution in [0.25, 0.3) is 16.8 Å². The minimum absolute atomic E-state index is 0.0778. The first-order chi connectivity index (χ1) is 17.9. The monoisotopic (exact) mass is 559 g/mol. The van der Waals surface area contributed by atoms with Crippen molar-refractivity contribution in [2.24, 2.45) is 0 Å². The molecule has 192 valence electrons. The van der Waals surface area contributed by atoms with Crippen LogP contribution >= 0.6 is 34.8 Å². The van der Waals surface area contributed by atoms with Gasteiger partial charge in [-0.2, -0.15) is 0 Å². The summed E-state index contributed by atoms with van der Waals surface area (Å²) in [5.74, 6) is -0.578. The molecule has 2 N–H and O–H groups in total. The SMILES string of the molecule is CCCCCCOC(=O)Nc1cc(Cl)cc(Cl)c1NC(=O)c1ncc2cccn2c1-c1cccnc1Cl. The Kier molecular flexibility index (Phi) is 8.87. The summed E-state index contributed by atoms with van der Waals surface area (Å²) in [5.41, 5.74) is 2.15. The third-order valence-corrected chi connectivity index (χ3v) is 6.38. The standard InChI is InChI=1S/C26H24Cl3N5O3/c1-2-3-4-5-12-37-26(36)32-20-14-16(27)13-19(28)21(20)33-25(35)22-23(18-9-6-10-30-24(18)29)34-11-7-8-17(34)15-31-22/h6-11,13-15H,2-5,12H2,1H3,(H,32,36)(H,33,35). The molecule has 4 rings (SSSR count). The number of ether oxygens (including phenoxy) is 1. The maximum Gasteiger partial charge on any atom is 0.411 e. The molecule has 8 nitrogen and oxygen atoms in total. The summed E-state index contributed by atoms with van der Waals surface area (Å²) in [7, 11) is 0. The fourth-order valence-electron chi connectivity index (χ4n) is 3.81. The molecule has 2 amide bonds. The van der Waals surface area contributed by atoms with Gasteiger partial charge in [0.15, 0.2) is 5.69 Å². The number of rotatable bonds is 9. The molecule has 0 saturated carbocycles. The number of pyridine rings is 1. The predicted octanol–water partition coefficient (Wildman–Crippen LogP) is 7.74. The highest BCUT2D eigenvalue weighted by molar-refractivity contribution is 6.38. The van der Waals surface area contributed by atoms with Crippen molar-refractivity contribution in [3.05, 3.63) is 75.9 Å². The van der Waals surface area contributed by atoms with E-state index in [1.54, 1.807) is 35.1 Å². The number of carbonyl (C=O) groups is 2. The van der Waals surface area contributed by atoms with Gasteiger partial charge in [0.05, 0.1) is 40.4 Å². The smallest absolute Gasteiger partial charge is 0.411 e. The summed E-state index contributed by atoms with van der Waals surface area (Å²) in [4.78, 5) is 34.5. The van der Waals surface area contributed by atoms with Crippen LogP contribution in [-0.2, 0) is 4.74 Å². The molecule has 0 bridgehead atoms. The van der Waals surface area contributed by atoms with Gasteiger partial charge >= 0.3 is 6.09 Å². The zero-order valence-electron chi connectivity index (χ0n) is 19.9. The lowest BCUT2D eigenvalue weighted by Crippen LogP contribution is -2.20. The van der Waals surface area contributed by atoms with Crippen LogP contribution in [0.5, 0.6) is 0 Å². The van der Waals surface area contributed by atoms with E-state index in [4.69, 9.17) is 39.5 Å². The second-order valence-corrected chi connectivity index (χ2v) is 9.39. The third kappa shape index (κ3) is 6.33. The van der Waals surface area contributed by atoms with Crippen LogP contribution in [0.1, 0.15) is 43.1 Å². The van der Waals surface area contributed by atoms with E-state index < -0.39 is 12.0 Å². The molecule has 11 heteroatoms. The van der Waals surface area contributed by atoms with Gasteiger partial charge < -0.3 is 14.5 Å². The van der Waals surface area contributed by atoms with E-state index in [1.807, 2.05) is 12.1 Å². The van der Waals surface area contributed by atoms with Gasteiger partial charge in [0.2, 0.25) is 0 Å². The summed E-state index contributed by atoms with van der Waals surface area (Å²) >= 11 is 19.0. The minimum atomic E-state index is -0.681. The van der Waals surface area contributed by atoms with Gasteiger partial charge in [0.25, 0.3) is 5.91 Å². The van der Waals surface area contributed by atoms with Gasteiger partial charge in [-0.3, -0.25) is 10.1 Å². The number of nitrogens with zero attached hydrogens (tertiary/aromatic N) is 3. The molecule has 0 fully saturated rings. The number of hydrogen-bond acceptors (Lipinski definition) is 5. The van der Waals surface area contributed by atoms with Crippen molar-refractivity contribution in [3.8, 4) is 11.3 Å². The summed E-state index contributed by atoms with van der Waals surface area (Å²) in [5, 5.41) is 6.00. The molecule has 0 aliphatic rings. The molecule has 0 aliphatic carbocycles. The lowest BCUT2D eigenvalue weighted by Gasteiger charge is -2.16. The van der Waals surface area contributed by atoms with Gasteiger partial charge in [-0.25, -0.2) is 14.8 Å². The first-order valence-electron chi connectivity index (χ1n) is 11.7. The number of fused-ring (bicyclic) bond motifs is 1. The van der Waals surface area contributed by atoms with Crippen LogP contribution in [0.4, 0.5) is 16.2 Å². The summed E-state index contributed by atoms with van der Waals surface area (Å²) < 4.78 is 7.06. The lowest BCUT2D eigenvalue weighted by atomic mass is 10.1. The molecule has 1 aromatic carbocycles. The molecule has 0 atom stereocenters. The van der Waals surface area contributed by atoms with Crippen LogP contribution < -0.4 is 10.6 Å². The topological polar surface area (TPSA) is 97.6 Å². The van der Waals surface area contributed by atoms with Crippen molar-refractivity contribution in [2.75, 3.05) is 17.2 Å². The molecule has 3 heterocycles. The number of nitrogens with one attached hydrogen (secondary N) is 2. The number of carbonyl (C=O) groups excluding carboxylic acids is 2. The van der Waals surface area contributed by atoms with E-state index >= 15 is 0 Å². The summed E-state index contributed by atoms with van der Waals surface area (Å²) in [6.07, 6.45) is 8.12. The molecular weight excluding hydrogens is 537 g/mol. The number of unbranched alkanes of at least 4 members (excludes halogenated alkanes) is 3.